The summed E-state index contributed by atoms with van der Waals surface area (Å²) in [6.07, 6.45) is 0.840. The highest BCUT2D eigenvalue weighted by Crippen LogP contribution is 2.76. The first-order valence-corrected chi connectivity index (χ1v) is 5.93. The zero-order valence-corrected chi connectivity index (χ0v) is 8.49. The van der Waals surface area contributed by atoms with Crippen LogP contribution in [0.25, 0.3) is 0 Å². The van der Waals surface area contributed by atoms with Gasteiger partial charge >= 0.3 is 7.82 Å². The minimum Gasteiger partial charge on any atom is -0.276 e. The average molecular weight is 205 g/mol. The van der Waals surface area contributed by atoms with Gasteiger partial charge in [-0.1, -0.05) is 6.92 Å². The van der Waals surface area contributed by atoms with Crippen LogP contribution in [-0.2, 0) is 18.1 Å². The summed E-state index contributed by atoms with van der Waals surface area (Å²) >= 11 is 0. The van der Waals surface area contributed by atoms with E-state index in [0.717, 1.165) is 13.0 Å². The van der Waals surface area contributed by atoms with E-state index in [1.54, 1.807) is 0 Å². The Hall–Kier alpha value is 0.0700. The molecule has 2 atom stereocenters. The van der Waals surface area contributed by atoms with E-state index in [2.05, 4.69) is 6.92 Å². The summed E-state index contributed by atoms with van der Waals surface area (Å²) in [5.41, 5.74) is 0. The highest BCUT2D eigenvalue weighted by atomic mass is 31.2. The minimum atomic E-state index is -3.13. The highest BCUT2D eigenvalue weighted by Gasteiger charge is 2.75. The van der Waals surface area contributed by atoms with Crippen LogP contribution >= 0.6 is 7.82 Å². The number of phosphoric ester groups is 1. The van der Waals surface area contributed by atoms with Crippen molar-refractivity contribution in [3.63, 3.8) is 0 Å². The molecule has 4 fully saturated rings. The highest BCUT2D eigenvalue weighted by molar-refractivity contribution is 7.50. The predicted molar refractivity (Wildman–Crippen MR) is 43.8 cm³/mol. The maximum Gasteiger partial charge on any atom is 0.482 e. The number of piperidine rings is 1. The number of nitrogens with zero attached hydrogens (tertiary/aromatic N) is 1. The molecular weight excluding hydrogens is 193 g/mol. The molecule has 0 aromatic rings. The summed E-state index contributed by atoms with van der Waals surface area (Å²) in [6, 6.07) is 0. The molecular formula is C7H12NO4P. The van der Waals surface area contributed by atoms with Gasteiger partial charge in [0.1, 0.15) is 6.10 Å². The van der Waals surface area contributed by atoms with Crippen molar-refractivity contribution in [2.75, 3.05) is 13.6 Å². The van der Waals surface area contributed by atoms with Crippen molar-refractivity contribution in [2.24, 2.45) is 5.92 Å². The van der Waals surface area contributed by atoms with Crippen molar-refractivity contribution >= 4 is 7.82 Å². The second-order valence-electron chi connectivity index (χ2n) is 3.97. The van der Waals surface area contributed by atoms with Crippen molar-refractivity contribution in [1.29, 1.82) is 0 Å². The number of rotatable bonds is 0. The summed E-state index contributed by atoms with van der Waals surface area (Å²) < 4.78 is 27.2. The molecule has 0 N–H and O–H groups in total. The van der Waals surface area contributed by atoms with E-state index >= 15 is 0 Å². The molecule has 0 aromatic heterocycles. The first kappa shape index (κ1) is 8.38. The van der Waals surface area contributed by atoms with E-state index < -0.39 is 13.7 Å². The zero-order chi connectivity index (χ0) is 9.27. The Kier molecular flexibility index (Phi) is 1.40. The Labute approximate surface area is 76.6 Å². The third-order valence-electron chi connectivity index (χ3n) is 3.06. The molecule has 0 aliphatic carbocycles. The Morgan fingerprint density at radius 2 is 2.23 bits per heavy atom. The molecule has 2 bridgehead atoms. The monoisotopic (exact) mass is 205 g/mol. The molecule has 0 aromatic carbocycles. The number of likely N-dealkylation sites (tertiary alicyclic amines) is 1. The van der Waals surface area contributed by atoms with Crippen molar-refractivity contribution in [3.8, 4) is 0 Å². The lowest BCUT2D eigenvalue weighted by atomic mass is 9.93. The van der Waals surface area contributed by atoms with E-state index in [-0.39, 0.29) is 6.10 Å². The fraction of sp³-hybridized carbons (Fsp3) is 1.00. The van der Waals surface area contributed by atoms with E-state index in [1.807, 2.05) is 11.9 Å². The first-order valence-electron chi connectivity index (χ1n) is 4.47. The number of hydrogen-bond donors (Lipinski definition) is 0. The molecule has 4 aliphatic heterocycles. The van der Waals surface area contributed by atoms with Gasteiger partial charge in [0.25, 0.3) is 5.91 Å². The quantitative estimate of drug-likeness (QED) is 0.555. The molecule has 0 radical (unpaired) electrons. The Morgan fingerprint density at radius 1 is 1.54 bits per heavy atom. The minimum absolute atomic E-state index is 0.183. The van der Waals surface area contributed by atoms with E-state index in [0.29, 0.717) is 5.92 Å². The molecule has 4 saturated heterocycles. The molecule has 0 saturated carbocycles. The maximum atomic E-state index is 11.4. The van der Waals surface area contributed by atoms with Gasteiger partial charge in [-0.15, -0.1) is 0 Å². The summed E-state index contributed by atoms with van der Waals surface area (Å²) in [7, 11) is -1.23. The Bertz CT molecular complexity index is 289. The third-order valence-corrected chi connectivity index (χ3v) is 4.51. The summed E-state index contributed by atoms with van der Waals surface area (Å²) in [5, 5.41) is 0. The first-order chi connectivity index (χ1) is 6.06. The summed E-state index contributed by atoms with van der Waals surface area (Å²) in [4.78, 5) is 1.93. The SMILES string of the molecule is CC1CCN(C)C23OP(=O)(OC12)O3. The van der Waals surface area contributed by atoms with Crippen LogP contribution in [0.5, 0.6) is 0 Å². The third kappa shape index (κ3) is 0.845. The van der Waals surface area contributed by atoms with Crippen molar-refractivity contribution < 1.29 is 18.1 Å². The van der Waals surface area contributed by atoms with Crippen LogP contribution in [0.4, 0.5) is 0 Å². The molecule has 6 heteroatoms. The van der Waals surface area contributed by atoms with Crippen LogP contribution in [0.2, 0.25) is 0 Å². The molecule has 2 unspecified atom stereocenters. The Morgan fingerprint density at radius 3 is 2.85 bits per heavy atom. The zero-order valence-electron chi connectivity index (χ0n) is 7.60. The molecule has 4 rings (SSSR count). The molecule has 5 nitrogen and oxygen atoms in total. The van der Waals surface area contributed by atoms with E-state index in [9.17, 15) is 4.57 Å². The smallest absolute Gasteiger partial charge is 0.276 e. The molecule has 4 aliphatic rings. The van der Waals surface area contributed by atoms with Crippen LogP contribution in [0.15, 0.2) is 0 Å². The van der Waals surface area contributed by atoms with Crippen molar-refractivity contribution in [2.45, 2.75) is 25.4 Å². The van der Waals surface area contributed by atoms with Gasteiger partial charge in [0.05, 0.1) is 0 Å². The molecule has 0 amide bonds. The topological polar surface area (TPSA) is 48.0 Å². The fourth-order valence-electron chi connectivity index (χ4n) is 2.20. The summed E-state index contributed by atoms with van der Waals surface area (Å²) in [6.45, 7) is 2.96. The lowest BCUT2D eigenvalue weighted by molar-refractivity contribution is -0.290. The average Bonchev–Trinajstić information content (AvgIpc) is 2.47. The molecule has 74 valence electrons. The largest absolute Gasteiger partial charge is 0.482 e. The van der Waals surface area contributed by atoms with Gasteiger partial charge in [-0.05, 0) is 19.4 Å². The Balaban J connectivity index is 1.99. The van der Waals surface area contributed by atoms with Gasteiger partial charge < -0.3 is 0 Å². The number of likely N-dealkylation sites (N-methyl/N-ethyl adjacent to an activating group) is 1. The van der Waals surface area contributed by atoms with Crippen LogP contribution in [0.3, 0.4) is 0 Å². The number of hydrogen-bond acceptors (Lipinski definition) is 5. The van der Waals surface area contributed by atoms with E-state index in [4.69, 9.17) is 13.6 Å². The van der Waals surface area contributed by atoms with Crippen molar-refractivity contribution in [1.82, 2.24) is 4.90 Å². The number of phosphoric acid groups is 1. The van der Waals surface area contributed by atoms with Crippen molar-refractivity contribution in [3.05, 3.63) is 0 Å². The molecule has 1 spiro atoms. The van der Waals surface area contributed by atoms with Crippen LogP contribution in [0.1, 0.15) is 13.3 Å². The van der Waals surface area contributed by atoms with E-state index in [1.165, 1.54) is 0 Å². The lowest BCUT2D eigenvalue weighted by Crippen LogP contribution is -2.62. The predicted octanol–water partition coefficient (Wildman–Crippen LogP) is 1.17. The van der Waals surface area contributed by atoms with Gasteiger partial charge in [-0.2, -0.15) is 0 Å². The molecule has 13 heavy (non-hydrogen) atoms. The fourth-order valence-corrected chi connectivity index (χ4v) is 4.05. The van der Waals surface area contributed by atoms with Gasteiger partial charge in [-0.25, -0.2) is 13.6 Å². The van der Waals surface area contributed by atoms with Gasteiger partial charge in [-0.3, -0.25) is 9.42 Å². The van der Waals surface area contributed by atoms with Crippen LogP contribution in [0, 0.1) is 5.92 Å². The lowest BCUT2D eigenvalue weighted by Gasteiger charge is -2.46. The van der Waals surface area contributed by atoms with Crippen LogP contribution in [-0.4, -0.2) is 30.5 Å². The standard InChI is InChI=1S/C7H12NO4P/c1-5-3-4-8(2)7-6(5)10-13(9,11-7)12-7/h5-6H,3-4H2,1-2H3. The van der Waals surface area contributed by atoms with Gasteiger partial charge in [0.15, 0.2) is 0 Å². The molecule has 4 heterocycles. The maximum absolute atomic E-state index is 11.4. The second-order valence-corrected chi connectivity index (χ2v) is 5.44. The normalized spacial score (nSPS) is 60.2. The van der Waals surface area contributed by atoms with Gasteiger partial charge in [0.2, 0.25) is 0 Å². The summed E-state index contributed by atoms with van der Waals surface area (Å²) in [5.74, 6) is -0.484. The van der Waals surface area contributed by atoms with Gasteiger partial charge in [0, 0.05) is 6.54 Å². The van der Waals surface area contributed by atoms with Crippen LogP contribution < -0.4 is 0 Å². The second kappa shape index (κ2) is 2.18.